The molecule has 21 heavy (non-hydrogen) atoms. The van der Waals surface area contributed by atoms with Crippen molar-refractivity contribution in [2.75, 3.05) is 13.2 Å². The molecular weight excluding hydrogens is 352 g/mol. The summed E-state index contributed by atoms with van der Waals surface area (Å²) in [6.07, 6.45) is 0.399. The first kappa shape index (κ1) is 16.0. The fraction of sp³-hybridized carbons (Fsp3) is 0.312. The first-order valence-corrected chi connectivity index (χ1v) is 8.42. The molecule has 0 radical (unpaired) electrons. The normalized spacial score (nSPS) is 10.4. The molecule has 1 aromatic carbocycles. The molecule has 0 atom stereocenters. The maximum Gasteiger partial charge on any atom is 0.168 e. The molecule has 0 aliphatic carbocycles. The van der Waals surface area contributed by atoms with E-state index in [4.69, 9.17) is 9.47 Å². The predicted molar refractivity (Wildman–Crippen MR) is 88.8 cm³/mol. The Bertz CT molecular complexity index is 622. The molecule has 0 aliphatic heterocycles. The van der Waals surface area contributed by atoms with Gasteiger partial charge in [0.1, 0.15) is 0 Å². The number of hydrogen-bond acceptors (Lipinski definition) is 4. The number of rotatable bonds is 7. The lowest BCUT2D eigenvalue weighted by molar-refractivity contribution is 0.0993. The van der Waals surface area contributed by atoms with E-state index < -0.39 is 0 Å². The fourth-order valence-electron chi connectivity index (χ4n) is 1.93. The summed E-state index contributed by atoms with van der Waals surface area (Å²) in [5.74, 6) is 1.38. The molecule has 0 amide bonds. The number of carbonyl (C=O) groups is 1. The second-order valence-corrected chi connectivity index (χ2v) is 6.88. The van der Waals surface area contributed by atoms with Crippen molar-refractivity contribution in [1.29, 1.82) is 0 Å². The van der Waals surface area contributed by atoms with Crippen LogP contribution in [0.15, 0.2) is 34.1 Å². The van der Waals surface area contributed by atoms with Crippen molar-refractivity contribution in [2.45, 2.75) is 20.3 Å². The zero-order valence-electron chi connectivity index (χ0n) is 12.0. The molecule has 2 aromatic rings. The van der Waals surface area contributed by atoms with Gasteiger partial charge in [-0.15, -0.1) is 11.3 Å². The van der Waals surface area contributed by atoms with Gasteiger partial charge >= 0.3 is 0 Å². The van der Waals surface area contributed by atoms with E-state index in [-0.39, 0.29) is 5.78 Å². The van der Waals surface area contributed by atoms with E-state index in [0.717, 1.165) is 8.66 Å². The summed E-state index contributed by atoms with van der Waals surface area (Å²) >= 11 is 4.98. The van der Waals surface area contributed by atoms with Gasteiger partial charge < -0.3 is 9.47 Å². The van der Waals surface area contributed by atoms with Crippen LogP contribution in [0.5, 0.6) is 11.5 Å². The number of benzene rings is 1. The molecule has 0 saturated heterocycles. The van der Waals surface area contributed by atoms with Gasteiger partial charge in [-0.3, -0.25) is 4.79 Å². The van der Waals surface area contributed by atoms with Gasteiger partial charge in [0.2, 0.25) is 0 Å². The van der Waals surface area contributed by atoms with Gasteiger partial charge in [-0.2, -0.15) is 0 Å². The highest BCUT2D eigenvalue weighted by molar-refractivity contribution is 9.11. The zero-order chi connectivity index (χ0) is 15.2. The number of ether oxygens (including phenoxy) is 2. The van der Waals surface area contributed by atoms with Gasteiger partial charge in [0.05, 0.1) is 17.0 Å². The van der Waals surface area contributed by atoms with Crippen LogP contribution in [0.1, 0.15) is 29.1 Å². The summed E-state index contributed by atoms with van der Waals surface area (Å²) < 4.78 is 12.1. The van der Waals surface area contributed by atoms with Crippen LogP contribution in [-0.2, 0) is 6.42 Å². The highest BCUT2D eigenvalue weighted by Gasteiger charge is 2.13. The molecule has 0 saturated carbocycles. The Morgan fingerprint density at radius 2 is 1.81 bits per heavy atom. The van der Waals surface area contributed by atoms with Gasteiger partial charge in [-0.05, 0) is 60.1 Å². The lowest BCUT2D eigenvalue weighted by Crippen LogP contribution is -2.04. The van der Waals surface area contributed by atoms with E-state index in [2.05, 4.69) is 15.9 Å². The molecule has 1 heterocycles. The third kappa shape index (κ3) is 4.32. The second-order valence-electron chi connectivity index (χ2n) is 4.33. The molecule has 0 N–H and O–H groups in total. The summed E-state index contributed by atoms with van der Waals surface area (Å²) in [6, 6.07) is 9.27. The van der Waals surface area contributed by atoms with E-state index >= 15 is 0 Å². The quantitative estimate of drug-likeness (QED) is 0.662. The SMILES string of the molecule is CCOc1ccc(C(=O)Cc2ccc(Br)s2)cc1OCC. The zero-order valence-corrected chi connectivity index (χ0v) is 14.4. The second kappa shape index (κ2) is 7.61. The molecule has 0 aliphatic rings. The Hall–Kier alpha value is -1.33. The summed E-state index contributed by atoms with van der Waals surface area (Å²) in [7, 11) is 0. The monoisotopic (exact) mass is 368 g/mol. The average Bonchev–Trinajstić information content (AvgIpc) is 2.86. The molecule has 1 aromatic heterocycles. The van der Waals surface area contributed by atoms with Crippen molar-refractivity contribution in [1.82, 2.24) is 0 Å². The van der Waals surface area contributed by atoms with Crippen LogP contribution in [0.4, 0.5) is 0 Å². The van der Waals surface area contributed by atoms with Gasteiger partial charge in [0, 0.05) is 16.9 Å². The third-order valence-corrected chi connectivity index (χ3v) is 4.45. The van der Waals surface area contributed by atoms with Crippen molar-refractivity contribution in [3.05, 3.63) is 44.6 Å². The molecule has 112 valence electrons. The van der Waals surface area contributed by atoms with E-state index in [1.54, 1.807) is 29.5 Å². The van der Waals surface area contributed by atoms with E-state index in [0.29, 0.717) is 36.7 Å². The highest BCUT2D eigenvalue weighted by Crippen LogP contribution is 2.30. The van der Waals surface area contributed by atoms with Crippen molar-refractivity contribution < 1.29 is 14.3 Å². The molecule has 0 unspecified atom stereocenters. The van der Waals surface area contributed by atoms with Crippen LogP contribution >= 0.6 is 27.3 Å². The number of halogens is 1. The summed E-state index contributed by atoms with van der Waals surface area (Å²) in [6.45, 7) is 4.93. The van der Waals surface area contributed by atoms with Crippen LogP contribution in [0.2, 0.25) is 0 Å². The van der Waals surface area contributed by atoms with Crippen LogP contribution in [0, 0.1) is 0 Å². The van der Waals surface area contributed by atoms with Crippen molar-refractivity contribution in [3.63, 3.8) is 0 Å². The molecular formula is C16H17BrO3S. The lowest BCUT2D eigenvalue weighted by Gasteiger charge is -2.11. The van der Waals surface area contributed by atoms with Gasteiger partial charge in [-0.25, -0.2) is 0 Å². The predicted octanol–water partition coefficient (Wildman–Crippen LogP) is 4.73. The standard InChI is InChI=1S/C16H17BrO3S/c1-3-19-14-7-5-11(9-15(14)20-4-2)13(18)10-12-6-8-16(17)21-12/h5-9H,3-4,10H2,1-2H3. The Labute approximate surface area is 137 Å². The van der Waals surface area contributed by atoms with E-state index in [1.165, 1.54) is 0 Å². The Morgan fingerprint density at radius 3 is 2.43 bits per heavy atom. The van der Waals surface area contributed by atoms with Crippen molar-refractivity contribution in [3.8, 4) is 11.5 Å². The first-order chi connectivity index (χ1) is 10.1. The van der Waals surface area contributed by atoms with Crippen LogP contribution in [0.25, 0.3) is 0 Å². The van der Waals surface area contributed by atoms with E-state index in [9.17, 15) is 4.79 Å². The minimum absolute atomic E-state index is 0.0772. The smallest absolute Gasteiger partial charge is 0.168 e. The summed E-state index contributed by atoms with van der Waals surface area (Å²) in [4.78, 5) is 13.4. The maximum atomic E-state index is 12.3. The highest BCUT2D eigenvalue weighted by atomic mass is 79.9. The molecule has 5 heteroatoms. The largest absolute Gasteiger partial charge is 0.490 e. The lowest BCUT2D eigenvalue weighted by atomic mass is 10.1. The maximum absolute atomic E-state index is 12.3. The number of Topliss-reactive ketones (excluding diaryl/α,β-unsaturated/α-hetero) is 1. The van der Waals surface area contributed by atoms with Gasteiger partial charge in [0.25, 0.3) is 0 Å². The number of thiophene rings is 1. The first-order valence-electron chi connectivity index (χ1n) is 6.81. The van der Waals surface area contributed by atoms with Gasteiger partial charge in [-0.1, -0.05) is 0 Å². The fourth-order valence-corrected chi connectivity index (χ4v) is 3.41. The Kier molecular flexibility index (Phi) is 5.82. The van der Waals surface area contributed by atoms with Crippen LogP contribution in [-0.4, -0.2) is 19.0 Å². The molecule has 3 nitrogen and oxygen atoms in total. The topological polar surface area (TPSA) is 35.5 Å². The van der Waals surface area contributed by atoms with Gasteiger partial charge in [0.15, 0.2) is 17.3 Å². The van der Waals surface area contributed by atoms with Crippen molar-refractivity contribution in [2.24, 2.45) is 0 Å². The van der Waals surface area contributed by atoms with Crippen LogP contribution in [0.3, 0.4) is 0 Å². The molecule has 0 bridgehead atoms. The molecule has 0 fully saturated rings. The third-order valence-electron chi connectivity index (χ3n) is 2.83. The Balaban J connectivity index is 2.18. The molecule has 2 rings (SSSR count). The van der Waals surface area contributed by atoms with Crippen LogP contribution < -0.4 is 9.47 Å². The summed E-state index contributed by atoms with van der Waals surface area (Å²) in [5, 5.41) is 0. The number of carbonyl (C=O) groups excluding carboxylic acids is 1. The minimum Gasteiger partial charge on any atom is -0.490 e. The number of ketones is 1. The van der Waals surface area contributed by atoms with E-state index in [1.807, 2.05) is 26.0 Å². The Morgan fingerprint density at radius 1 is 1.10 bits per heavy atom. The summed E-state index contributed by atoms with van der Waals surface area (Å²) in [5.41, 5.74) is 0.645. The van der Waals surface area contributed by atoms with Crippen molar-refractivity contribution >= 4 is 33.0 Å². The minimum atomic E-state index is 0.0772. The molecule has 0 spiro atoms. The average molecular weight is 369 g/mol. The number of hydrogen-bond donors (Lipinski definition) is 0.